The van der Waals surface area contributed by atoms with Crippen LogP contribution in [-0.4, -0.2) is 19.5 Å². The second kappa shape index (κ2) is 7.86. The standard InChI is InChI=1S/C15H28O2/c1-4-5-13-6-8-14(9-7-13)15(16)12(2)10-11-17-3/h12-14H,4-11H2,1-3H3. The maximum atomic E-state index is 12.2. The first-order valence-corrected chi connectivity index (χ1v) is 7.21. The second-order valence-electron chi connectivity index (χ2n) is 5.59. The number of ketones is 1. The summed E-state index contributed by atoms with van der Waals surface area (Å²) in [5, 5.41) is 0. The zero-order valence-electron chi connectivity index (χ0n) is 11.7. The molecule has 1 atom stereocenters. The van der Waals surface area contributed by atoms with E-state index in [9.17, 15) is 4.79 Å². The van der Waals surface area contributed by atoms with Gasteiger partial charge in [-0.25, -0.2) is 0 Å². The summed E-state index contributed by atoms with van der Waals surface area (Å²) in [5.74, 6) is 1.90. The lowest BCUT2D eigenvalue weighted by molar-refractivity contribution is -0.128. The van der Waals surface area contributed by atoms with Crippen LogP contribution in [0.4, 0.5) is 0 Å². The first kappa shape index (κ1) is 14.7. The zero-order chi connectivity index (χ0) is 12.7. The van der Waals surface area contributed by atoms with Crippen molar-refractivity contribution in [1.29, 1.82) is 0 Å². The van der Waals surface area contributed by atoms with E-state index >= 15 is 0 Å². The summed E-state index contributed by atoms with van der Waals surface area (Å²) in [6.45, 7) is 5.02. The third kappa shape index (κ3) is 4.79. The van der Waals surface area contributed by atoms with Crippen molar-refractivity contribution in [3.05, 3.63) is 0 Å². The number of hydrogen-bond donors (Lipinski definition) is 0. The summed E-state index contributed by atoms with van der Waals surface area (Å²) >= 11 is 0. The molecule has 0 aromatic carbocycles. The summed E-state index contributed by atoms with van der Waals surface area (Å²) in [6.07, 6.45) is 8.29. The van der Waals surface area contributed by atoms with Gasteiger partial charge in [-0.15, -0.1) is 0 Å². The van der Waals surface area contributed by atoms with E-state index in [1.165, 1.54) is 25.7 Å². The number of ether oxygens (including phenoxy) is 1. The fraction of sp³-hybridized carbons (Fsp3) is 0.933. The van der Waals surface area contributed by atoms with Gasteiger partial charge in [0.2, 0.25) is 0 Å². The lowest BCUT2D eigenvalue weighted by Crippen LogP contribution is -2.27. The molecule has 17 heavy (non-hydrogen) atoms. The molecule has 0 radical (unpaired) electrons. The minimum absolute atomic E-state index is 0.183. The van der Waals surface area contributed by atoms with E-state index in [0.29, 0.717) is 18.3 Å². The molecule has 0 saturated heterocycles. The van der Waals surface area contributed by atoms with E-state index in [1.807, 2.05) is 0 Å². The molecule has 1 fully saturated rings. The zero-order valence-corrected chi connectivity index (χ0v) is 11.7. The first-order valence-electron chi connectivity index (χ1n) is 7.21. The van der Waals surface area contributed by atoms with Gasteiger partial charge in [0.05, 0.1) is 0 Å². The van der Waals surface area contributed by atoms with Crippen LogP contribution in [-0.2, 0) is 9.53 Å². The summed E-state index contributed by atoms with van der Waals surface area (Å²) < 4.78 is 5.05. The van der Waals surface area contributed by atoms with Gasteiger partial charge < -0.3 is 4.74 Å². The molecular weight excluding hydrogens is 212 g/mol. The molecule has 1 rings (SSSR count). The van der Waals surface area contributed by atoms with Crippen LogP contribution in [0, 0.1) is 17.8 Å². The van der Waals surface area contributed by atoms with E-state index in [0.717, 1.165) is 25.2 Å². The van der Waals surface area contributed by atoms with E-state index < -0.39 is 0 Å². The fourth-order valence-corrected chi connectivity index (χ4v) is 2.98. The van der Waals surface area contributed by atoms with Crippen LogP contribution in [0.5, 0.6) is 0 Å². The highest BCUT2D eigenvalue weighted by Gasteiger charge is 2.28. The molecular formula is C15H28O2. The van der Waals surface area contributed by atoms with Gasteiger partial charge in [0.1, 0.15) is 5.78 Å². The van der Waals surface area contributed by atoms with Crippen LogP contribution in [0.25, 0.3) is 0 Å². The molecule has 0 aromatic rings. The molecule has 0 aliphatic heterocycles. The van der Waals surface area contributed by atoms with Gasteiger partial charge in [-0.05, 0) is 38.0 Å². The van der Waals surface area contributed by atoms with E-state index in [-0.39, 0.29) is 5.92 Å². The summed E-state index contributed by atoms with van der Waals surface area (Å²) in [7, 11) is 1.70. The number of carbonyl (C=O) groups is 1. The maximum Gasteiger partial charge on any atom is 0.138 e. The predicted octanol–water partition coefficient (Wildman–Crippen LogP) is 3.83. The number of carbonyl (C=O) groups excluding carboxylic acids is 1. The van der Waals surface area contributed by atoms with Crippen LogP contribution in [0.15, 0.2) is 0 Å². The highest BCUT2D eigenvalue weighted by atomic mass is 16.5. The summed E-state index contributed by atoms with van der Waals surface area (Å²) in [4.78, 5) is 12.2. The number of methoxy groups -OCH3 is 1. The van der Waals surface area contributed by atoms with Gasteiger partial charge in [-0.1, -0.05) is 26.7 Å². The van der Waals surface area contributed by atoms with E-state index in [4.69, 9.17) is 4.74 Å². The Balaban J connectivity index is 2.30. The molecule has 0 N–H and O–H groups in total. The monoisotopic (exact) mass is 240 g/mol. The highest BCUT2D eigenvalue weighted by molar-refractivity contribution is 5.83. The van der Waals surface area contributed by atoms with Crippen molar-refractivity contribution in [2.75, 3.05) is 13.7 Å². The van der Waals surface area contributed by atoms with Gasteiger partial charge in [0.25, 0.3) is 0 Å². The minimum atomic E-state index is 0.183. The lowest BCUT2D eigenvalue weighted by Gasteiger charge is -2.29. The van der Waals surface area contributed by atoms with Gasteiger partial charge in [-0.2, -0.15) is 0 Å². The molecule has 100 valence electrons. The average Bonchev–Trinajstić information content (AvgIpc) is 2.36. The van der Waals surface area contributed by atoms with Crippen molar-refractivity contribution in [3.63, 3.8) is 0 Å². The Bertz CT molecular complexity index is 217. The van der Waals surface area contributed by atoms with Gasteiger partial charge in [0.15, 0.2) is 0 Å². The Morgan fingerprint density at radius 3 is 2.47 bits per heavy atom. The largest absolute Gasteiger partial charge is 0.385 e. The SMILES string of the molecule is CCCC1CCC(C(=O)C(C)CCOC)CC1. The molecule has 1 aliphatic rings. The van der Waals surface area contributed by atoms with E-state index in [1.54, 1.807) is 7.11 Å². The van der Waals surface area contributed by atoms with Crippen LogP contribution in [0.3, 0.4) is 0 Å². The normalized spacial score (nSPS) is 26.8. The average molecular weight is 240 g/mol. The molecule has 0 amide bonds. The number of rotatable bonds is 7. The topological polar surface area (TPSA) is 26.3 Å². The van der Waals surface area contributed by atoms with Crippen LogP contribution in [0.1, 0.15) is 58.8 Å². The van der Waals surface area contributed by atoms with Gasteiger partial charge in [-0.3, -0.25) is 4.79 Å². The Hall–Kier alpha value is -0.370. The Morgan fingerprint density at radius 2 is 1.94 bits per heavy atom. The third-order valence-corrected chi connectivity index (χ3v) is 4.19. The predicted molar refractivity (Wildman–Crippen MR) is 71.0 cm³/mol. The van der Waals surface area contributed by atoms with Crippen LogP contribution in [0.2, 0.25) is 0 Å². The summed E-state index contributed by atoms with van der Waals surface area (Å²) in [6, 6.07) is 0. The van der Waals surface area contributed by atoms with Crippen molar-refractivity contribution in [1.82, 2.24) is 0 Å². The minimum Gasteiger partial charge on any atom is -0.385 e. The second-order valence-corrected chi connectivity index (χ2v) is 5.59. The Labute approximate surface area is 106 Å². The number of Topliss-reactive ketones (excluding diaryl/α,β-unsaturated/α-hetero) is 1. The van der Waals surface area contributed by atoms with Crippen molar-refractivity contribution in [2.24, 2.45) is 17.8 Å². The maximum absolute atomic E-state index is 12.2. The van der Waals surface area contributed by atoms with Crippen molar-refractivity contribution < 1.29 is 9.53 Å². The van der Waals surface area contributed by atoms with Crippen LogP contribution >= 0.6 is 0 Å². The molecule has 0 aromatic heterocycles. The molecule has 0 heterocycles. The highest BCUT2D eigenvalue weighted by Crippen LogP contribution is 2.33. The van der Waals surface area contributed by atoms with Crippen molar-refractivity contribution >= 4 is 5.78 Å². The van der Waals surface area contributed by atoms with Crippen molar-refractivity contribution in [3.8, 4) is 0 Å². The number of hydrogen-bond acceptors (Lipinski definition) is 2. The molecule has 2 heteroatoms. The Kier molecular flexibility index (Phi) is 6.79. The smallest absolute Gasteiger partial charge is 0.138 e. The lowest BCUT2D eigenvalue weighted by atomic mass is 9.76. The molecule has 1 aliphatic carbocycles. The molecule has 2 nitrogen and oxygen atoms in total. The summed E-state index contributed by atoms with van der Waals surface area (Å²) in [5.41, 5.74) is 0. The molecule has 1 saturated carbocycles. The van der Waals surface area contributed by atoms with Crippen molar-refractivity contribution in [2.45, 2.75) is 58.8 Å². The molecule has 0 spiro atoms. The first-order chi connectivity index (χ1) is 8.19. The third-order valence-electron chi connectivity index (χ3n) is 4.19. The van der Waals surface area contributed by atoms with Gasteiger partial charge in [0, 0.05) is 25.6 Å². The Morgan fingerprint density at radius 1 is 1.29 bits per heavy atom. The molecule has 0 bridgehead atoms. The van der Waals surface area contributed by atoms with Gasteiger partial charge >= 0.3 is 0 Å². The van der Waals surface area contributed by atoms with E-state index in [2.05, 4.69) is 13.8 Å². The quantitative estimate of drug-likeness (QED) is 0.676. The van der Waals surface area contributed by atoms with Crippen LogP contribution < -0.4 is 0 Å². The molecule has 1 unspecified atom stereocenters. The fourth-order valence-electron chi connectivity index (χ4n) is 2.98.